The van der Waals surface area contributed by atoms with Crippen LogP contribution in [0.3, 0.4) is 0 Å². The average molecular weight is 459 g/mol. The van der Waals surface area contributed by atoms with E-state index in [1.165, 1.54) is 6.20 Å². The van der Waals surface area contributed by atoms with Crippen LogP contribution in [0.2, 0.25) is 10.0 Å². The lowest BCUT2D eigenvalue weighted by Gasteiger charge is -2.12. The van der Waals surface area contributed by atoms with Gasteiger partial charge >= 0.3 is 12.1 Å². The summed E-state index contributed by atoms with van der Waals surface area (Å²) in [6.45, 7) is 3.59. The monoisotopic (exact) mass is 458 g/mol. The van der Waals surface area contributed by atoms with Gasteiger partial charge in [0.2, 0.25) is 0 Å². The number of rotatable bonds is 5. The predicted octanol–water partition coefficient (Wildman–Crippen LogP) is 5.90. The maximum atomic E-state index is 13.2. The third-order valence-electron chi connectivity index (χ3n) is 4.82. The van der Waals surface area contributed by atoms with Crippen LogP contribution in [-0.2, 0) is 35.6 Å². The number of hydrogen-bond acceptors (Lipinski definition) is 3. The lowest BCUT2D eigenvalue weighted by atomic mass is 9.99. The smallest absolute Gasteiger partial charge is 0.416 e. The molecular formula is C21H19Cl2F3N2O2. The predicted molar refractivity (Wildman–Crippen MR) is 110 cm³/mol. The van der Waals surface area contributed by atoms with E-state index in [-0.39, 0.29) is 24.5 Å². The zero-order chi connectivity index (χ0) is 22.2. The standard InChI is InChI=1S/C21H19Cl2F3N2O2/c1-4-30-18(29)8-16-20(23)14(15(22)9-27-16)6-12-10-28(3)17-7-13(21(24,25)26)5-11(2)19(12)17/h5,7,9-10H,4,6,8H2,1-3H3. The number of halogens is 5. The molecule has 0 fully saturated rings. The fourth-order valence-corrected chi connectivity index (χ4v) is 4.05. The number of nitrogens with zero attached hydrogens (tertiary/aromatic N) is 2. The van der Waals surface area contributed by atoms with Crippen molar-refractivity contribution in [2.24, 2.45) is 7.05 Å². The first-order valence-corrected chi connectivity index (χ1v) is 9.91. The fraction of sp³-hybridized carbons (Fsp3) is 0.333. The van der Waals surface area contributed by atoms with Gasteiger partial charge in [-0.1, -0.05) is 23.2 Å². The first kappa shape index (κ1) is 22.4. The van der Waals surface area contributed by atoms with E-state index in [0.29, 0.717) is 32.7 Å². The number of benzene rings is 1. The van der Waals surface area contributed by atoms with E-state index in [0.717, 1.165) is 17.7 Å². The van der Waals surface area contributed by atoms with Crippen molar-refractivity contribution in [3.63, 3.8) is 0 Å². The van der Waals surface area contributed by atoms with Crippen molar-refractivity contribution in [3.05, 3.63) is 62.5 Å². The molecule has 0 radical (unpaired) electrons. The molecule has 0 N–H and O–H groups in total. The number of pyridine rings is 1. The summed E-state index contributed by atoms with van der Waals surface area (Å²) < 4.78 is 46.2. The molecule has 3 rings (SSSR count). The van der Waals surface area contributed by atoms with Gasteiger partial charge in [-0.05, 0) is 42.7 Å². The SMILES string of the molecule is CCOC(=O)Cc1ncc(Cl)c(Cc2cn(C)c3cc(C(F)(F)F)cc(C)c23)c1Cl. The Morgan fingerprint density at radius 3 is 2.60 bits per heavy atom. The van der Waals surface area contributed by atoms with Gasteiger partial charge in [-0.2, -0.15) is 13.2 Å². The van der Waals surface area contributed by atoms with Crippen molar-refractivity contribution in [2.75, 3.05) is 6.61 Å². The van der Waals surface area contributed by atoms with Crippen LogP contribution in [-0.4, -0.2) is 22.1 Å². The van der Waals surface area contributed by atoms with Crippen LogP contribution >= 0.6 is 23.2 Å². The Hall–Kier alpha value is -2.25. The van der Waals surface area contributed by atoms with Gasteiger partial charge < -0.3 is 9.30 Å². The summed E-state index contributed by atoms with van der Waals surface area (Å²) in [6.07, 6.45) is -1.07. The maximum absolute atomic E-state index is 13.2. The number of carbonyl (C=O) groups excluding carboxylic acids is 1. The summed E-state index contributed by atoms with van der Waals surface area (Å²) in [4.78, 5) is 15.9. The zero-order valence-corrected chi connectivity index (χ0v) is 18.0. The first-order chi connectivity index (χ1) is 14.0. The second-order valence-corrected chi connectivity index (χ2v) is 7.74. The number of fused-ring (bicyclic) bond motifs is 1. The van der Waals surface area contributed by atoms with Crippen molar-refractivity contribution in [2.45, 2.75) is 32.9 Å². The molecule has 0 aliphatic rings. The van der Waals surface area contributed by atoms with Gasteiger partial charge in [0.25, 0.3) is 0 Å². The Morgan fingerprint density at radius 2 is 1.97 bits per heavy atom. The number of hydrogen-bond donors (Lipinski definition) is 0. The second-order valence-electron chi connectivity index (χ2n) is 6.95. The minimum Gasteiger partial charge on any atom is -0.466 e. The highest BCUT2D eigenvalue weighted by atomic mass is 35.5. The van der Waals surface area contributed by atoms with Crippen LogP contribution in [0, 0.1) is 6.92 Å². The van der Waals surface area contributed by atoms with Crippen molar-refractivity contribution in [1.29, 1.82) is 0 Å². The highest BCUT2D eigenvalue weighted by Crippen LogP contribution is 2.37. The van der Waals surface area contributed by atoms with Gasteiger partial charge in [0.15, 0.2) is 0 Å². The summed E-state index contributed by atoms with van der Waals surface area (Å²) >= 11 is 12.8. The van der Waals surface area contributed by atoms with E-state index in [4.69, 9.17) is 27.9 Å². The molecule has 0 bridgehead atoms. The summed E-state index contributed by atoms with van der Waals surface area (Å²) in [5.41, 5.74) is 1.94. The van der Waals surface area contributed by atoms with E-state index in [1.807, 2.05) is 0 Å². The van der Waals surface area contributed by atoms with Crippen LogP contribution in [0.4, 0.5) is 13.2 Å². The summed E-state index contributed by atoms with van der Waals surface area (Å²) in [6, 6.07) is 2.27. The molecule has 3 aromatic rings. The van der Waals surface area contributed by atoms with Crippen molar-refractivity contribution >= 4 is 40.1 Å². The number of aryl methyl sites for hydroxylation is 2. The third kappa shape index (κ3) is 4.42. The summed E-state index contributed by atoms with van der Waals surface area (Å²) in [5, 5.41) is 1.27. The number of aromatic nitrogens is 2. The second kappa shape index (κ2) is 8.47. The molecule has 0 spiro atoms. The van der Waals surface area contributed by atoms with Crippen LogP contribution in [0.15, 0.2) is 24.5 Å². The lowest BCUT2D eigenvalue weighted by molar-refractivity contribution is -0.142. The van der Waals surface area contributed by atoms with Crippen LogP contribution in [0.5, 0.6) is 0 Å². The van der Waals surface area contributed by atoms with E-state index in [9.17, 15) is 18.0 Å². The molecule has 0 aliphatic heterocycles. The minimum absolute atomic E-state index is 0.0969. The molecule has 30 heavy (non-hydrogen) atoms. The maximum Gasteiger partial charge on any atom is 0.416 e. The number of ether oxygens (including phenoxy) is 1. The molecule has 0 saturated carbocycles. The Balaban J connectivity index is 2.06. The van der Waals surface area contributed by atoms with Gasteiger partial charge in [-0.15, -0.1) is 0 Å². The Kier molecular flexibility index (Phi) is 6.34. The number of esters is 1. The molecule has 2 aromatic heterocycles. The Morgan fingerprint density at radius 1 is 1.27 bits per heavy atom. The molecule has 0 amide bonds. The van der Waals surface area contributed by atoms with E-state index in [1.54, 1.807) is 31.7 Å². The van der Waals surface area contributed by atoms with Crippen LogP contribution in [0.1, 0.15) is 34.9 Å². The van der Waals surface area contributed by atoms with Gasteiger partial charge in [-0.25, -0.2) is 0 Å². The average Bonchev–Trinajstić information content (AvgIpc) is 2.97. The van der Waals surface area contributed by atoms with Crippen LogP contribution < -0.4 is 0 Å². The molecule has 1 aromatic carbocycles. The fourth-order valence-electron chi connectivity index (χ4n) is 3.50. The highest BCUT2D eigenvalue weighted by molar-refractivity contribution is 6.36. The van der Waals surface area contributed by atoms with Crippen molar-refractivity contribution in [1.82, 2.24) is 9.55 Å². The first-order valence-electron chi connectivity index (χ1n) is 9.16. The minimum atomic E-state index is -4.43. The van der Waals surface area contributed by atoms with E-state index in [2.05, 4.69) is 4.98 Å². The van der Waals surface area contributed by atoms with Gasteiger partial charge in [0.05, 0.1) is 34.3 Å². The molecule has 0 atom stereocenters. The topological polar surface area (TPSA) is 44.1 Å². The van der Waals surface area contributed by atoms with Gasteiger partial charge in [-0.3, -0.25) is 9.78 Å². The normalized spacial score (nSPS) is 11.9. The largest absolute Gasteiger partial charge is 0.466 e. The summed E-state index contributed by atoms with van der Waals surface area (Å²) in [7, 11) is 1.69. The molecule has 4 nitrogen and oxygen atoms in total. The Labute approximate surface area is 181 Å². The third-order valence-corrected chi connectivity index (χ3v) is 5.59. The highest BCUT2D eigenvalue weighted by Gasteiger charge is 2.31. The van der Waals surface area contributed by atoms with E-state index >= 15 is 0 Å². The van der Waals surface area contributed by atoms with Gasteiger partial charge in [0.1, 0.15) is 0 Å². The summed E-state index contributed by atoms with van der Waals surface area (Å²) in [5.74, 6) is -0.458. The van der Waals surface area contributed by atoms with Crippen LogP contribution in [0.25, 0.3) is 10.9 Å². The zero-order valence-electron chi connectivity index (χ0n) is 16.5. The number of alkyl halides is 3. The molecule has 0 unspecified atom stereocenters. The van der Waals surface area contributed by atoms with E-state index < -0.39 is 17.7 Å². The van der Waals surface area contributed by atoms with Crippen molar-refractivity contribution < 1.29 is 22.7 Å². The molecular weight excluding hydrogens is 440 g/mol. The molecule has 160 valence electrons. The number of carbonyl (C=O) groups is 1. The lowest BCUT2D eigenvalue weighted by Crippen LogP contribution is -2.10. The molecule has 9 heteroatoms. The molecule has 0 saturated heterocycles. The molecule has 0 aliphatic carbocycles. The Bertz CT molecular complexity index is 1120. The quantitative estimate of drug-likeness (QED) is 0.446. The van der Waals surface area contributed by atoms with Gasteiger partial charge in [0, 0.05) is 36.8 Å². The van der Waals surface area contributed by atoms with Crippen molar-refractivity contribution in [3.8, 4) is 0 Å². The molecule has 2 heterocycles.